The van der Waals surface area contributed by atoms with Gasteiger partial charge in [-0.25, -0.2) is 4.98 Å². The standard InChI is InChI=1S/C25H39N5O2/c1-31-22-18-20-21(19-23(22)32-2)27-25(30-16-8-3-4-9-17-30)28-24(20)26-12-6-5-7-13-29-14-10-11-15-29/h18-19H,3-17H2,1-2H3,(H,26,27,28). The summed E-state index contributed by atoms with van der Waals surface area (Å²) in [6.07, 6.45) is 11.4. The Morgan fingerprint density at radius 2 is 1.50 bits per heavy atom. The summed E-state index contributed by atoms with van der Waals surface area (Å²) in [6, 6.07) is 3.97. The number of hydrogen-bond acceptors (Lipinski definition) is 7. The van der Waals surface area contributed by atoms with E-state index in [1.807, 2.05) is 12.1 Å². The lowest BCUT2D eigenvalue weighted by Gasteiger charge is -2.22. The monoisotopic (exact) mass is 441 g/mol. The Morgan fingerprint density at radius 1 is 0.812 bits per heavy atom. The summed E-state index contributed by atoms with van der Waals surface area (Å²) in [5.74, 6) is 3.13. The molecule has 0 radical (unpaired) electrons. The van der Waals surface area contributed by atoms with E-state index in [2.05, 4.69) is 15.1 Å². The first-order valence-corrected chi connectivity index (χ1v) is 12.4. The van der Waals surface area contributed by atoms with Crippen molar-refractivity contribution < 1.29 is 9.47 Å². The molecule has 1 aromatic carbocycles. The number of rotatable bonds is 10. The van der Waals surface area contributed by atoms with Crippen LogP contribution >= 0.6 is 0 Å². The molecule has 2 saturated heterocycles. The molecule has 0 bridgehead atoms. The van der Waals surface area contributed by atoms with Crippen LogP contribution in [0.15, 0.2) is 12.1 Å². The summed E-state index contributed by atoms with van der Waals surface area (Å²) in [7, 11) is 3.34. The zero-order chi connectivity index (χ0) is 22.2. The molecule has 2 fully saturated rings. The molecule has 0 atom stereocenters. The lowest BCUT2D eigenvalue weighted by molar-refractivity contribution is 0.329. The van der Waals surface area contributed by atoms with Gasteiger partial charge in [0, 0.05) is 31.1 Å². The fourth-order valence-corrected chi connectivity index (χ4v) is 4.84. The number of anilines is 2. The predicted octanol–water partition coefficient (Wildman–Crippen LogP) is 4.71. The fourth-order valence-electron chi connectivity index (χ4n) is 4.84. The average molecular weight is 442 g/mol. The number of nitrogens with zero attached hydrogens (tertiary/aromatic N) is 4. The van der Waals surface area contributed by atoms with Crippen molar-refractivity contribution >= 4 is 22.7 Å². The highest BCUT2D eigenvalue weighted by molar-refractivity contribution is 5.92. The Bertz CT molecular complexity index is 861. The van der Waals surface area contributed by atoms with E-state index in [1.165, 1.54) is 71.0 Å². The van der Waals surface area contributed by atoms with Gasteiger partial charge >= 0.3 is 0 Å². The molecular formula is C25H39N5O2. The van der Waals surface area contributed by atoms with Crippen molar-refractivity contribution in [2.45, 2.75) is 57.8 Å². The van der Waals surface area contributed by atoms with E-state index in [4.69, 9.17) is 19.4 Å². The van der Waals surface area contributed by atoms with E-state index in [0.29, 0.717) is 11.5 Å². The molecule has 0 spiro atoms. The minimum atomic E-state index is 0.702. The number of methoxy groups -OCH3 is 2. The van der Waals surface area contributed by atoms with Crippen molar-refractivity contribution in [1.82, 2.24) is 14.9 Å². The summed E-state index contributed by atoms with van der Waals surface area (Å²) in [5, 5.41) is 4.60. The van der Waals surface area contributed by atoms with Crippen LogP contribution in [0.5, 0.6) is 11.5 Å². The van der Waals surface area contributed by atoms with Crippen LogP contribution in [0.1, 0.15) is 57.8 Å². The van der Waals surface area contributed by atoms with Crippen LogP contribution in [0.2, 0.25) is 0 Å². The second kappa shape index (κ2) is 11.5. The van der Waals surface area contributed by atoms with E-state index in [-0.39, 0.29) is 0 Å². The zero-order valence-electron chi connectivity index (χ0n) is 19.9. The fraction of sp³-hybridized carbons (Fsp3) is 0.680. The Hall–Kier alpha value is -2.28. The molecule has 7 heteroatoms. The molecule has 0 saturated carbocycles. The van der Waals surface area contributed by atoms with Gasteiger partial charge < -0.3 is 24.6 Å². The van der Waals surface area contributed by atoms with Gasteiger partial charge in [0.05, 0.1) is 19.7 Å². The number of fused-ring (bicyclic) bond motifs is 1. The maximum Gasteiger partial charge on any atom is 0.227 e. The lowest BCUT2D eigenvalue weighted by Crippen LogP contribution is -2.26. The van der Waals surface area contributed by atoms with Crippen LogP contribution in [0, 0.1) is 0 Å². The Balaban J connectivity index is 1.48. The van der Waals surface area contributed by atoms with E-state index in [0.717, 1.165) is 48.7 Å². The third-order valence-electron chi connectivity index (χ3n) is 6.72. The number of nitrogens with one attached hydrogen (secondary N) is 1. The van der Waals surface area contributed by atoms with Crippen molar-refractivity contribution in [2.75, 3.05) is 63.7 Å². The van der Waals surface area contributed by atoms with Gasteiger partial charge in [0.25, 0.3) is 0 Å². The van der Waals surface area contributed by atoms with Gasteiger partial charge in [0.1, 0.15) is 5.82 Å². The number of hydrogen-bond donors (Lipinski definition) is 1. The average Bonchev–Trinajstić information content (AvgIpc) is 3.19. The number of benzene rings is 1. The molecule has 0 amide bonds. The number of likely N-dealkylation sites (tertiary alicyclic amines) is 1. The summed E-state index contributed by atoms with van der Waals surface area (Å²) in [6.45, 7) is 6.78. The van der Waals surface area contributed by atoms with Crippen LogP contribution in [0.3, 0.4) is 0 Å². The highest BCUT2D eigenvalue weighted by Crippen LogP contribution is 2.35. The van der Waals surface area contributed by atoms with Crippen LogP contribution in [-0.2, 0) is 0 Å². The molecule has 3 heterocycles. The van der Waals surface area contributed by atoms with E-state index in [9.17, 15) is 0 Å². The molecule has 0 unspecified atom stereocenters. The Labute approximate surface area is 192 Å². The molecule has 7 nitrogen and oxygen atoms in total. The Kier molecular flexibility index (Phi) is 8.26. The third kappa shape index (κ3) is 5.74. The molecule has 0 aliphatic carbocycles. The van der Waals surface area contributed by atoms with Gasteiger partial charge in [-0.15, -0.1) is 0 Å². The van der Waals surface area contributed by atoms with Gasteiger partial charge in [0.15, 0.2) is 11.5 Å². The van der Waals surface area contributed by atoms with Crippen molar-refractivity contribution in [2.24, 2.45) is 0 Å². The van der Waals surface area contributed by atoms with Crippen molar-refractivity contribution in [3.05, 3.63) is 12.1 Å². The van der Waals surface area contributed by atoms with Crippen molar-refractivity contribution in [3.63, 3.8) is 0 Å². The smallest absolute Gasteiger partial charge is 0.227 e. The van der Waals surface area contributed by atoms with Crippen LogP contribution < -0.4 is 19.7 Å². The minimum Gasteiger partial charge on any atom is -0.493 e. The van der Waals surface area contributed by atoms with Gasteiger partial charge in [-0.2, -0.15) is 4.98 Å². The third-order valence-corrected chi connectivity index (χ3v) is 6.72. The quantitative estimate of drug-likeness (QED) is 0.536. The molecule has 1 aromatic heterocycles. The van der Waals surface area contributed by atoms with Crippen molar-refractivity contribution in [3.8, 4) is 11.5 Å². The number of aromatic nitrogens is 2. The molecule has 4 rings (SSSR count). The SMILES string of the molecule is COc1cc2nc(N3CCCCCC3)nc(NCCCCCN3CCCC3)c2cc1OC. The molecular weight excluding hydrogens is 402 g/mol. The molecule has 2 aliphatic heterocycles. The maximum atomic E-state index is 5.55. The summed E-state index contributed by atoms with van der Waals surface area (Å²) in [5.41, 5.74) is 0.897. The minimum absolute atomic E-state index is 0.702. The van der Waals surface area contributed by atoms with Gasteiger partial charge in [-0.3, -0.25) is 0 Å². The first-order chi connectivity index (χ1) is 15.8. The summed E-state index contributed by atoms with van der Waals surface area (Å²) >= 11 is 0. The van der Waals surface area contributed by atoms with Crippen LogP contribution in [0.4, 0.5) is 11.8 Å². The second-order valence-electron chi connectivity index (χ2n) is 9.03. The molecule has 2 aliphatic rings. The second-order valence-corrected chi connectivity index (χ2v) is 9.03. The predicted molar refractivity (Wildman–Crippen MR) is 131 cm³/mol. The lowest BCUT2D eigenvalue weighted by atomic mass is 10.2. The van der Waals surface area contributed by atoms with Crippen molar-refractivity contribution in [1.29, 1.82) is 0 Å². The zero-order valence-corrected chi connectivity index (χ0v) is 19.9. The molecule has 176 valence electrons. The van der Waals surface area contributed by atoms with Gasteiger partial charge in [-0.1, -0.05) is 19.3 Å². The molecule has 1 N–H and O–H groups in total. The Morgan fingerprint density at radius 3 is 2.22 bits per heavy atom. The van der Waals surface area contributed by atoms with E-state index < -0.39 is 0 Å². The first kappa shape index (κ1) is 22.9. The molecule has 2 aromatic rings. The topological polar surface area (TPSA) is 62.8 Å². The van der Waals surface area contributed by atoms with Gasteiger partial charge in [-0.05, 0) is 64.2 Å². The highest BCUT2D eigenvalue weighted by atomic mass is 16.5. The number of ether oxygens (including phenoxy) is 2. The van der Waals surface area contributed by atoms with E-state index in [1.54, 1.807) is 14.2 Å². The largest absolute Gasteiger partial charge is 0.493 e. The number of unbranched alkanes of at least 4 members (excludes halogenated alkanes) is 2. The van der Waals surface area contributed by atoms with Crippen LogP contribution in [-0.4, -0.2) is 68.4 Å². The maximum absolute atomic E-state index is 5.55. The highest BCUT2D eigenvalue weighted by Gasteiger charge is 2.18. The molecule has 32 heavy (non-hydrogen) atoms. The normalized spacial score (nSPS) is 17.5. The van der Waals surface area contributed by atoms with Crippen LogP contribution in [0.25, 0.3) is 10.9 Å². The van der Waals surface area contributed by atoms with E-state index >= 15 is 0 Å². The first-order valence-electron chi connectivity index (χ1n) is 12.4. The van der Waals surface area contributed by atoms with Gasteiger partial charge in [0.2, 0.25) is 5.95 Å². The summed E-state index contributed by atoms with van der Waals surface area (Å²) in [4.78, 5) is 14.8. The summed E-state index contributed by atoms with van der Waals surface area (Å²) < 4.78 is 11.1.